The fourth-order valence-corrected chi connectivity index (χ4v) is 7.87. The van der Waals surface area contributed by atoms with Gasteiger partial charge in [-0.25, -0.2) is 9.52 Å². The molecule has 39 heavy (non-hydrogen) atoms. The third-order valence-electron chi connectivity index (χ3n) is 8.99. The van der Waals surface area contributed by atoms with Crippen molar-refractivity contribution >= 4 is 29.3 Å². The second kappa shape index (κ2) is 11.1. The van der Waals surface area contributed by atoms with E-state index in [2.05, 4.69) is 25.5 Å². The number of carboxylic acid groups (broad SMARTS) is 2. The molecule has 2 saturated heterocycles. The summed E-state index contributed by atoms with van der Waals surface area (Å²) in [6, 6.07) is 0. The van der Waals surface area contributed by atoms with Crippen LogP contribution in [-0.2, 0) is 29.1 Å². The van der Waals surface area contributed by atoms with Gasteiger partial charge in [0.05, 0.1) is 11.7 Å². The van der Waals surface area contributed by atoms with Crippen LogP contribution >= 0.6 is 0 Å². The Kier molecular flexibility index (Phi) is 9.08. The van der Waals surface area contributed by atoms with E-state index in [1.165, 1.54) is 6.42 Å². The minimum absolute atomic E-state index is 0.0629. The van der Waals surface area contributed by atoms with Gasteiger partial charge in [-0.15, -0.1) is 0 Å². The Balaban J connectivity index is 0.000000532. The lowest BCUT2D eigenvalue weighted by molar-refractivity contribution is -0.199. The SMILES string of the molecule is CC1(C)[C@H]2C[C@@H]3OB(CCC[C@@H]4CN(S(=O)(=O)NCCN)C[C@]4(N)C(=O)O)O[C@]3(C)[C@@H]1C2.O=C(O)C(F)(F)F. The van der Waals surface area contributed by atoms with Crippen molar-refractivity contribution in [3.8, 4) is 0 Å². The first-order valence-electron chi connectivity index (χ1n) is 12.9. The second-order valence-electron chi connectivity index (χ2n) is 11.7. The van der Waals surface area contributed by atoms with E-state index in [0.717, 1.165) is 10.7 Å². The van der Waals surface area contributed by atoms with Crippen LogP contribution in [0.2, 0.25) is 6.32 Å². The number of nitrogens with zero attached hydrogens (tertiary/aromatic N) is 1. The van der Waals surface area contributed by atoms with E-state index in [4.69, 9.17) is 30.7 Å². The van der Waals surface area contributed by atoms with Crippen molar-refractivity contribution in [2.24, 2.45) is 34.6 Å². The van der Waals surface area contributed by atoms with Crippen molar-refractivity contribution in [1.29, 1.82) is 0 Å². The fourth-order valence-electron chi connectivity index (χ4n) is 6.55. The lowest BCUT2D eigenvalue weighted by atomic mass is 9.43. The van der Waals surface area contributed by atoms with Gasteiger partial charge >= 0.3 is 25.2 Å². The molecule has 7 N–H and O–H groups in total. The van der Waals surface area contributed by atoms with Gasteiger partial charge in [-0.3, -0.25) is 4.79 Å². The summed E-state index contributed by atoms with van der Waals surface area (Å²) < 4.78 is 72.8. The molecule has 2 aliphatic heterocycles. The van der Waals surface area contributed by atoms with Gasteiger partial charge in [0.15, 0.2) is 0 Å². The van der Waals surface area contributed by atoms with E-state index in [9.17, 15) is 31.5 Å². The maximum absolute atomic E-state index is 12.5. The first-order chi connectivity index (χ1) is 17.8. The molecular weight excluding hydrogens is 548 g/mol. The van der Waals surface area contributed by atoms with Crippen molar-refractivity contribution < 1.29 is 50.7 Å². The molecule has 0 spiro atoms. The topological polar surface area (TPSA) is 195 Å². The Morgan fingerprint density at radius 2 is 1.82 bits per heavy atom. The number of hydrogen-bond donors (Lipinski definition) is 5. The normalized spacial score (nSPS) is 35.5. The molecule has 5 fully saturated rings. The quantitative estimate of drug-likeness (QED) is 0.239. The molecule has 17 heteroatoms. The highest BCUT2D eigenvalue weighted by Gasteiger charge is 2.67. The highest BCUT2D eigenvalue weighted by atomic mass is 32.2. The van der Waals surface area contributed by atoms with Crippen LogP contribution in [0.5, 0.6) is 0 Å². The summed E-state index contributed by atoms with van der Waals surface area (Å²) in [6.45, 7) is 6.85. The minimum Gasteiger partial charge on any atom is -0.480 e. The van der Waals surface area contributed by atoms with E-state index in [-0.39, 0.29) is 50.4 Å². The summed E-state index contributed by atoms with van der Waals surface area (Å²) in [4.78, 5) is 20.8. The smallest absolute Gasteiger partial charge is 0.480 e. The van der Waals surface area contributed by atoms with Gasteiger partial charge in [-0.2, -0.15) is 25.9 Å². The Bertz CT molecular complexity index is 1050. The zero-order valence-corrected chi connectivity index (χ0v) is 23.1. The van der Waals surface area contributed by atoms with Crippen molar-refractivity contribution in [1.82, 2.24) is 9.03 Å². The van der Waals surface area contributed by atoms with E-state index in [0.29, 0.717) is 31.0 Å². The predicted octanol–water partition coefficient (Wildman–Crippen LogP) is 0.635. The summed E-state index contributed by atoms with van der Waals surface area (Å²) in [6.07, 6.45) is -1.01. The number of rotatable bonds is 9. The molecule has 0 amide bonds. The molecule has 5 rings (SSSR count). The van der Waals surface area contributed by atoms with Crippen LogP contribution in [0.15, 0.2) is 0 Å². The third-order valence-corrected chi connectivity index (χ3v) is 10.5. The van der Waals surface area contributed by atoms with E-state index >= 15 is 0 Å². The lowest BCUT2D eigenvalue weighted by Crippen LogP contribution is -2.65. The maximum atomic E-state index is 12.5. The summed E-state index contributed by atoms with van der Waals surface area (Å²) in [7, 11) is -4.14. The number of nitrogens with one attached hydrogen (secondary N) is 1. The molecule has 0 aromatic heterocycles. The van der Waals surface area contributed by atoms with Crippen molar-refractivity contribution in [3.63, 3.8) is 0 Å². The highest BCUT2D eigenvalue weighted by Crippen LogP contribution is 2.65. The van der Waals surface area contributed by atoms with Crippen molar-refractivity contribution in [2.75, 3.05) is 26.2 Å². The minimum atomic E-state index is -5.08. The molecule has 0 unspecified atom stereocenters. The first-order valence-corrected chi connectivity index (χ1v) is 14.3. The van der Waals surface area contributed by atoms with Gasteiger partial charge in [0.1, 0.15) is 5.54 Å². The van der Waals surface area contributed by atoms with E-state index in [1.54, 1.807) is 0 Å². The monoisotopic (exact) mass is 586 g/mol. The van der Waals surface area contributed by atoms with E-state index < -0.39 is 39.8 Å². The molecule has 0 aromatic rings. The summed E-state index contributed by atoms with van der Waals surface area (Å²) >= 11 is 0. The molecule has 6 atom stereocenters. The molecule has 2 heterocycles. The van der Waals surface area contributed by atoms with E-state index in [1.807, 2.05) is 0 Å². The fraction of sp³-hybridized carbons (Fsp3) is 0.909. The van der Waals surface area contributed by atoms with Gasteiger partial charge in [0.2, 0.25) is 0 Å². The van der Waals surface area contributed by atoms with Crippen LogP contribution in [0.3, 0.4) is 0 Å². The zero-order valence-electron chi connectivity index (χ0n) is 22.2. The number of carbonyl (C=O) groups is 2. The van der Waals surface area contributed by atoms with Crippen LogP contribution < -0.4 is 16.2 Å². The van der Waals surface area contributed by atoms with Gasteiger partial charge in [-0.1, -0.05) is 20.3 Å². The average molecular weight is 586 g/mol. The predicted molar refractivity (Wildman–Crippen MR) is 133 cm³/mol. The number of nitrogens with two attached hydrogens (primary N) is 2. The summed E-state index contributed by atoms with van der Waals surface area (Å²) in [5, 5.41) is 16.9. The molecule has 3 saturated carbocycles. The maximum Gasteiger partial charge on any atom is 0.490 e. The molecule has 2 bridgehead atoms. The Morgan fingerprint density at radius 3 is 2.33 bits per heavy atom. The van der Waals surface area contributed by atoms with Crippen molar-refractivity contribution in [3.05, 3.63) is 0 Å². The van der Waals surface area contributed by atoms with Crippen molar-refractivity contribution in [2.45, 2.75) is 76.2 Å². The Hall–Kier alpha value is -1.50. The summed E-state index contributed by atoms with van der Waals surface area (Å²) in [5.41, 5.74) is 9.97. The number of hydrogen-bond acceptors (Lipinski definition) is 8. The molecule has 5 aliphatic rings. The van der Waals surface area contributed by atoms with Crippen LogP contribution in [0.25, 0.3) is 0 Å². The second-order valence-corrected chi connectivity index (χ2v) is 13.4. The molecule has 12 nitrogen and oxygen atoms in total. The molecule has 3 aliphatic carbocycles. The third kappa shape index (κ3) is 6.23. The summed E-state index contributed by atoms with van der Waals surface area (Å²) in [5.74, 6) is -3.27. The van der Waals surface area contributed by atoms with Gasteiger partial charge in [0, 0.05) is 32.1 Å². The number of alkyl halides is 3. The van der Waals surface area contributed by atoms with Crippen LogP contribution in [0.4, 0.5) is 13.2 Å². The van der Waals surface area contributed by atoms with Gasteiger partial charge in [-0.05, 0) is 49.8 Å². The molecule has 0 aromatic carbocycles. The number of halogens is 3. The standard InChI is InChI=1S/C20H37BN4O6S.C2HF3O2/c1-18(2)14-9-15(18)19(3)16(10-14)30-21(31-19)6-4-5-13-11-25(12-20(13,23)17(26)27)32(28,29)24-8-7-22;3-2(4,5)1(6)7/h13-16,24H,4-12,22-23H2,1-3H3,(H,26,27);(H,6,7)/t13-,14-,15-,16+,19-,20-;/m1./s1. The highest BCUT2D eigenvalue weighted by molar-refractivity contribution is 7.87. The van der Waals surface area contributed by atoms with Gasteiger partial charge < -0.3 is 31.0 Å². The first kappa shape index (κ1) is 32.0. The lowest BCUT2D eigenvalue weighted by Gasteiger charge is -2.64. The zero-order chi connectivity index (χ0) is 29.6. The van der Waals surface area contributed by atoms with Crippen LogP contribution in [-0.4, -0.2) is 91.6 Å². The Morgan fingerprint density at radius 1 is 1.21 bits per heavy atom. The van der Waals surface area contributed by atoms with Crippen LogP contribution in [0, 0.1) is 23.2 Å². The Labute approximate surface area is 226 Å². The average Bonchev–Trinajstić information content (AvgIpc) is 3.35. The largest absolute Gasteiger partial charge is 0.490 e. The number of aliphatic carboxylic acids is 2. The molecule has 224 valence electrons. The molecule has 0 radical (unpaired) electrons. The van der Waals surface area contributed by atoms with Crippen LogP contribution in [0.1, 0.15) is 46.5 Å². The molecular formula is C22H38BF3N4O8S. The number of carboxylic acids is 2. The van der Waals surface area contributed by atoms with Gasteiger partial charge in [0.25, 0.3) is 10.2 Å².